The highest BCUT2D eigenvalue weighted by Crippen LogP contribution is 2.31. The number of hydrogen-bond donors (Lipinski definition) is 2. The Morgan fingerprint density at radius 1 is 1.33 bits per heavy atom. The summed E-state index contributed by atoms with van der Waals surface area (Å²) in [5.74, 6) is 0.518. The van der Waals surface area contributed by atoms with Crippen LogP contribution in [0.4, 0.5) is 5.69 Å². The van der Waals surface area contributed by atoms with Gasteiger partial charge in [0, 0.05) is 22.1 Å². The van der Waals surface area contributed by atoms with Crippen molar-refractivity contribution < 1.29 is 9.53 Å². The van der Waals surface area contributed by atoms with E-state index in [0.717, 1.165) is 22.3 Å². The quantitative estimate of drug-likeness (QED) is 0.894. The van der Waals surface area contributed by atoms with Crippen LogP contribution in [0.3, 0.4) is 0 Å². The molecule has 0 radical (unpaired) electrons. The van der Waals surface area contributed by atoms with Crippen molar-refractivity contribution >= 4 is 27.5 Å². The van der Waals surface area contributed by atoms with Crippen molar-refractivity contribution in [1.29, 1.82) is 0 Å². The van der Waals surface area contributed by atoms with Crippen LogP contribution in [0.1, 0.15) is 15.9 Å². The third-order valence-corrected chi connectivity index (χ3v) is 3.94. The van der Waals surface area contributed by atoms with Gasteiger partial charge >= 0.3 is 0 Å². The lowest BCUT2D eigenvalue weighted by Gasteiger charge is -2.13. The molecule has 1 aliphatic rings. The van der Waals surface area contributed by atoms with Crippen molar-refractivity contribution in [2.45, 2.75) is 12.5 Å². The van der Waals surface area contributed by atoms with E-state index in [-0.39, 0.29) is 6.10 Å². The zero-order chi connectivity index (χ0) is 14.8. The van der Waals surface area contributed by atoms with Gasteiger partial charge in [-0.2, -0.15) is 0 Å². The number of carbonyl (C=O) groups excluding carboxylic acids is 1. The highest BCUT2D eigenvalue weighted by molar-refractivity contribution is 9.10. The number of primary amides is 1. The van der Waals surface area contributed by atoms with Gasteiger partial charge in [-0.05, 0) is 42.0 Å². The van der Waals surface area contributed by atoms with E-state index in [2.05, 4.69) is 27.3 Å². The van der Waals surface area contributed by atoms with E-state index >= 15 is 0 Å². The second-order valence-electron chi connectivity index (χ2n) is 5.02. The summed E-state index contributed by atoms with van der Waals surface area (Å²) in [5.41, 5.74) is 7.85. The monoisotopic (exact) mass is 346 g/mol. The van der Waals surface area contributed by atoms with Crippen LogP contribution in [0.5, 0.6) is 5.75 Å². The Morgan fingerprint density at radius 3 is 3.00 bits per heavy atom. The average molecular weight is 347 g/mol. The predicted octanol–water partition coefficient (Wildman–Crippen LogP) is 2.96. The molecule has 0 saturated heterocycles. The first-order valence-electron chi connectivity index (χ1n) is 6.70. The number of ether oxygens (including phenoxy) is 1. The summed E-state index contributed by atoms with van der Waals surface area (Å²) < 4.78 is 6.95. The van der Waals surface area contributed by atoms with E-state index < -0.39 is 5.91 Å². The van der Waals surface area contributed by atoms with E-state index in [1.54, 1.807) is 12.1 Å². The minimum Gasteiger partial charge on any atom is -0.488 e. The number of fused-ring (bicyclic) bond motifs is 1. The molecule has 2 aromatic rings. The average Bonchev–Trinajstić information content (AvgIpc) is 2.87. The van der Waals surface area contributed by atoms with Crippen molar-refractivity contribution in [2.24, 2.45) is 5.73 Å². The Kier molecular flexibility index (Phi) is 3.84. The van der Waals surface area contributed by atoms with Gasteiger partial charge in [0.2, 0.25) is 5.91 Å². The molecular formula is C16H15BrN2O2. The lowest BCUT2D eigenvalue weighted by atomic mass is 10.1. The predicted molar refractivity (Wildman–Crippen MR) is 85.7 cm³/mol. The van der Waals surface area contributed by atoms with Crippen molar-refractivity contribution in [3.63, 3.8) is 0 Å². The van der Waals surface area contributed by atoms with E-state index in [1.165, 1.54) is 5.56 Å². The zero-order valence-corrected chi connectivity index (χ0v) is 12.9. The maximum Gasteiger partial charge on any atom is 0.248 e. The van der Waals surface area contributed by atoms with E-state index in [4.69, 9.17) is 10.5 Å². The van der Waals surface area contributed by atoms with E-state index in [0.29, 0.717) is 12.1 Å². The molecule has 1 heterocycles. The van der Waals surface area contributed by atoms with Gasteiger partial charge in [0.1, 0.15) is 11.9 Å². The molecule has 0 saturated carbocycles. The number of hydrogen-bond acceptors (Lipinski definition) is 3. The van der Waals surface area contributed by atoms with Crippen molar-refractivity contribution in [3.8, 4) is 5.75 Å². The highest BCUT2D eigenvalue weighted by Gasteiger charge is 2.22. The van der Waals surface area contributed by atoms with Gasteiger partial charge < -0.3 is 15.8 Å². The van der Waals surface area contributed by atoms with Gasteiger partial charge in [-0.3, -0.25) is 4.79 Å². The summed E-state index contributed by atoms with van der Waals surface area (Å²) in [7, 11) is 0. The second-order valence-corrected chi connectivity index (χ2v) is 5.94. The molecule has 0 fully saturated rings. The molecular weight excluding hydrogens is 332 g/mol. The molecule has 108 valence electrons. The molecule has 0 aromatic heterocycles. The van der Waals surface area contributed by atoms with Crippen molar-refractivity contribution in [3.05, 3.63) is 58.1 Å². The fourth-order valence-corrected chi connectivity index (χ4v) is 2.83. The lowest BCUT2D eigenvalue weighted by Crippen LogP contribution is -2.24. The summed E-state index contributed by atoms with van der Waals surface area (Å²) >= 11 is 3.47. The maximum atomic E-state index is 11.2. The van der Waals surface area contributed by atoms with Gasteiger partial charge in [0.05, 0.1) is 6.54 Å². The molecule has 5 heteroatoms. The standard InChI is InChI=1S/C16H15BrN2O2/c17-12-4-5-15-11(6-12)8-14(21-15)9-19-13-3-1-2-10(7-13)16(18)20/h1-7,14,19H,8-9H2,(H2,18,20). The van der Waals surface area contributed by atoms with Gasteiger partial charge in [0.25, 0.3) is 0 Å². The normalized spacial score (nSPS) is 16.1. The molecule has 4 nitrogen and oxygen atoms in total. The minimum absolute atomic E-state index is 0.0894. The van der Waals surface area contributed by atoms with Gasteiger partial charge in [-0.25, -0.2) is 0 Å². The number of benzene rings is 2. The largest absolute Gasteiger partial charge is 0.488 e. The SMILES string of the molecule is NC(=O)c1cccc(NCC2Cc3cc(Br)ccc3O2)c1. The molecule has 0 bridgehead atoms. The minimum atomic E-state index is -0.423. The molecule has 2 aromatic carbocycles. The second kappa shape index (κ2) is 5.77. The summed E-state index contributed by atoms with van der Waals surface area (Å²) in [5, 5.41) is 3.29. The van der Waals surface area contributed by atoms with Crippen LogP contribution in [0.2, 0.25) is 0 Å². The Morgan fingerprint density at radius 2 is 2.19 bits per heavy atom. The molecule has 3 rings (SSSR count). The van der Waals surface area contributed by atoms with Crippen LogP contribution in [0.25, 0.3) is 0 Å². The van der Waals surface area contributed by atoms with Gasteiger partial charge in [-0.15, -0.1) is 0 Å². The molecule has 21 heavy (non-hydrogen) atoms. The molecule has 1 unspecified atom stereocenters. The van der Waals surface area contributed by atoms with Gasteiger partial charge in [-0.1, -0.05) is 22.0 Å². The van der Waals surface area contributed by atoms with Gasteiger partial charge in [0.15, 0.2) is 0 Å². The fourth-order valence-electron chi connectivity index (χ4n) is 2.42. The first-order valence-corrected chi connectivity index (χ1v) is 7.50. The third-order valence-electron chi connectivity index (χ3n) is 3.44. The van der Waals surface area contributed by atoms with E-state index in [1.807, 2.05) is 24.3 Å². The van der Waals surface area contributed by atoms with Crippen molar-refractivity contribution in [2.75, 3.05) is 11.9 Å². The molecule has 0 aliphatic carbocycles. The molecule has 1 atom stereocenters. The van der Waals surface area contributed by atoms with Crippen LogP contribution < -0.4 is 15.8 Å². The van der Waals surface area contributed by atoms with Crippen LogP contribution in [0, 0.1) is 0 Å². The summed E-state index contributed by atoms with van der Waals surface area (Å²) in [4.78, 5) is 11.2. The summed E-state index contributed by atoms with van der Waals surface area (Å²) in [6.45, 7) is 0.675. The highest BCUT2D eigenvalue weighted by atomic mass is 79.9. The third kappa shape index (κ3) is 3.19. The summed E-state index contributed by atoms with van der Waals surface area (Å²) in [6, 6.07) is 13.2. The van der Waals surface area contributed by atoms with Crippen LogP contribution in [-0.2, 0) is 6.42 Å². The smallest absolute Gasteiger partial charge is 0.248 e. The van der Waals surface area contributed by atoms with Crippen LogP contribution >= 0.6 is 15.9 Å². The Bertz CT molecular complexity index is 688. The molecule has 0 spiro atoms. The number of carbonyl (C=O) groups is 1. The Hall–Kier alpha value is -2.01. The number of nitrogens with two attached hydrogens (primary N) is 1. The topological polar surface area (TPSA) is 64.4 Å². The maximum absolute atomic E-state index is 11.2. The number of amides is 1. The molecule has 1 amide bonds. The lowest BCUT2D eigenvalue weighted by molar-refractivity contribution is 0.100. The first kappa shape index (κ1) is 13.9. The fraction of sp³-hybridized carbons (Fsp3) is 0.188. The Labute approximate surface area is 131 Å². The van der Waals surface area contributed by atoms with E-state index in [9.17, 15) is 4.79 Å². The number of rotatable bonds is 4. The number of halogens is 1. The zero-order valence-electron chi connectivity index (χ0n) is 11.3. The Balaban J connectivity index is 1.62. The van der Waals surface area contributed by atoms with Crippen LogP contribution in [-0.4, -0.2) is 18.6 Å². The number of anilines is 1. The van der Waals surface area contributed by atoms with Crippen molar-refractivity contribution in [1.82, 2.24) is 0 Å². The number of nitrogens with one attached hydrogen (secondary N) is 1. The molecule has 3 N–H and O–H groups in total. The molecule has 1 aliphatic heterocycles. The summed E-state index contributed by atoms with van der Waals surface area (Å²) in [6.07, 6.45) is 0.962. The first-order chi connectivity index (χ1) is 10.1. The van der Waals surface area contributed by atoms with Crippen LogP contribution in [0.15, 0.2) is 46.9 Å².